The standard InChI is InChI=1S/C29H31N7O3/c1-34-25-20(33-28(34)21-11-17-4-3-8-32-27(17)35(21)14-16-5-6-16)10-18(12-22(25)38-2)29(37)36-15-19-13-23(39-9-7-30)26(36)24(19)31/h3-4,8,10-12,16,19,23-24,26H,5-6,9,13-15,31H2,1-2H3/t19?,23-,24?,26?/m0/s1. The summed E-state index contributed by atoms with van der Waals surface area (Å²) in [5.41, 5.74) is 10.5. The zero-order chi connectivity index (χ0) is 26.8. The molecule has 2 aliphatic carbocycles. The lowest BCUT2D eigenvalue weighted by molar-refractivity contribution is 0.00514. The van der Waals surface area contributed by atoms with E-state index in [0.29, 0.717) is 29.3 Å². The van der Waals surface area contributed by atoms with Crippen LogP contribution in [0.4, 0.5) is 0 Å². The number of nitriles is 1. The number of carbonyl (C=O) groups excluding carboxylic acids is 1. The summed E-state index contributed by atoms with van der Waals surface area (Å²) in [7, 11) is 3.60. The van der Waals surface area contributed by atoms with Crippen molar-refractivity contribution in [2.75, 3.05) is 20.3 Å². The van der Waals surface area contributed by atoms with Crippen molar-refractivity contribution in [1.29, 1.82) is 5.26 Å². The van der Waals surface area contributed by atoms with Crippen molar-refractivity contribution in [3.63, 3.8) is 0 Å². The number of aryl methyl sites for hydroxylation is 1. The summed E-state index contributed by atoms with van der Waals surface area (Å²) in [5, 5.41) is 10.1. The number of aromatic nitrogens is 4. The zero-order valence-electron chi connectivity index (χ0n) is 22.1. The van der Waals surface area contributed by atoms with Crippen LogP contribution in [0.3, 0.4) is 0 Å². The minimum Gasteiger partial charge on any atom is -0.494 e. The highest BCUT2D eigenvalue weighted by atomic mass is 16.5. The number of rotatable bonds is 7. The molecule has 3 aliphatic rings. The third-order valence-electron chi connectivity index (χ3n) is 8.69. The fourth-order valence-electron chi connectivity index (χ4n) is 6.63. The molecule has 0 radical (unpaired) electrons. The molecule has 1 aromatic carbocycles. The zero-order valence-corrected chi connectivity index (χ0v) is 22.1. The van der Waals surface area contributed by atoms with E-state index in [4.69, 9.17) is 25.5 Å². The molecule has 200 valence electrons. The number of nitrogens with two attached hydrogens (primary N) is 1. The average Bonchev–Trinajstić information content (AvgIpc) is 3.38. The number of hydrogen-bond acceptors (Lipinski definition) is 7. The second-order valence-corrected chi connectivity index (χ2v) is 11.1. The summed E-state index contributed by atoms with van der Waals surface area (Å²) in [6.45, 7) is 1.48. The minimum atomic E-state index is -0.248. The van der Waals surface area contributed by atoms with E-state index in [9.17, 15) is 4.79 Å². The Morgan fingerprint density at radius 3 is 2.87 bits per heavy atom. The molecule has 4 aromatic rings. The molecular formula is C29H31N7O3. The van der Waals surface area contributed by atoms with Crippen LogP contribution in [0.1, 0.15) is 29.6 Å². The third-order valence-corrected chi connectivity index (χ3v) is 8.69. The van der Waals surface area contributed by atoms with Gasteiger partial charge in [-0.05, 0) is 61.4 Å². The van der Waals surface area contributed by atoms with Gasteiger partial charge in [-0.25, -0.2) is 9.97 Å². The monoisotopic (exact) mass is 525 g/mol. The van der Waals surface area contributed by atoms with Crippen LogP contribution in [0.25, 0.3) is 33.6 Å². The first-order valence-corrected chi connectivity index (χ1v) is 13.5. The Balaban J connectivity index is 1.29. The molecule has 10 heteroatoms. The molecule has 4 atom stereocenters. The first-order valence-electron chi connectivity index (χ1n) is 13.5. The van der Waals surface area contributed by atoms with Crippen LogP contribution in [0.5, 0.6) is 5.75 Å². The number of amides is 1. The number of benzene rings is 1. The minimum absolute atomic E-state index is 0.00780. The fourth-order valence-corrected chi connectivity index (χ4v) is 6.63. The van der Waals surface area contributed by atoms with Crippen LogP contribution >= 0.6 is 0 Å². The highest BCUT2D eigenvalue weighted by Gasteiger charge is 2.53. The van der Waals surface area contributed by atoms with Gasteiger partial charge in [0.05, 0.1) is 36.5 Å². The molecule has 3 unspecified atom stereocenters. The largest absolute Gasteiger partial charge is 0.494 e. The smallest absolute Gasteiger partial charge is 0.254 e. The molecule has 39 heavy (non-hydrogen) atoms. The highest BCUT2D eigenvalue weighted by Crippen LogP contribution is 2.41. The number of piperidine rings is 1. The summed E-state index contributed by atoms with van der Waals surface area (Å²) >= 11 is 0. The van der Waals surface area contributed by atoms with Gasteiger partial charge in [0.2, 0.25) is 0 Å². The van der Waals surface area contributed by atoms with E-state index >= 15 is 0 Å². The number of hydrogen-bond donors (Lipinski definition) is 1. The van der Waals surface area contributed by atoms with Gasteiger partial charge in [0, 0.05) is 43.3 Å². The van der Waals surface area contributed by atoms with E-state index in [0.717, 1.165) is 41.0 Å². The Kier molecular flexibility index (Phi) is 5.61. The second kappa shape index (κ2) is 9.07. The molecule has 4 heterocycles. The molecule has 2 N–H and O–H groups in total. The second-order valence-electron chi connectivity index (χ2n) is 11.1. The van der Waals surface area contributed by atoms with E-state index in [1.54, 1.807) is 13.2 Å². The Hall–Kier alpha value is -3.94. The first-order chi connectivity index (χ1) is 19.0. The van der Waals surface area contributed by atoms with E-state index in [1.807, 2.05) is 40.9 Å². The lowest BCUT2D eigenvalue weighted by Crippen LogP contribution is -2.49. The van der Waals surface area contributed by atoms with Gasteiger partial charge >= 0.3 is 0 Å². The maximum Gasteiger partial charge on any atom is 0.254 e. The van der Waals surface area contributed by atoms with E-state index in [-0.39, 0.29) is 36.6 Å². The molecule has 7 rings (SSSR count). The molecule has 3 aromatic heterocycles. The summed E-state index contributed by atoms with van der Waals surface area (Å²) in [6, 6.07) is 11.4. The quantitative estimate of drug-likeness (QED) is 0.393. The maximum atomic E-state index is 13.8. The van der Waals surface area contributed by atoms with Gasteiger partial charge in [-0.3, -0.25) is 4.79 Å². The summed E-state index contributed by atoms with van der Waals surface area (Å²) < 4.78 is 15.9. The number of imidazole rings is 1. The van der Waals surface area contributed by atoms with Crippen molar-refractivity contribution in [1.82, 2.24) is 24.0 Å². The van der Waals surface area contributed by atoms with Gasteiger partial charge in [0.15, 0.2) is 5.82 Å². The SMILES string of the molecule is COc1cc(C(=O)N2CC3C[C@H](OCC#N)C2C3N)cc2nc(-c3cc4cccnc4n3CC3CC3)n(C)c12. The lowest BCUT2D eigenvalue weighted by Gasteiger charge is -2.33. The van der Waals surface area contributed by atoms with Gasteiger partial charge in [-0.2, -0.15) is 5.26 Å². The first kappa shape index (κ1) is 24.1. The number of carbonyl (C=O) groups is 1. The Bertz CT molecular complexity index is 1650. The fraction of sp³-hybridized carbons (Fsp3) is 0.448. The summed E-state index contributed by atoms with van der Waals surface area (Å²) in [6.07, 6.45) is 4.85. The summed E-state index contributed by atoms with van der Waals surface area (Å²) in [4.78, 5) is 25.3. The Morgan fingerprint density at radius 1 is 1.28 bits per heavy atom. The van der Waals surface area contributed by atoms with Crippen molar-refractivity contribution in [2.45, 2.75) is 44.0 Å². The average molecular weight is 526 g/mol. The molecule has 10 nitrogen and oxygen atoms in total. The van der Waals surface area contributed by atoms with Crippen molar-refractivity contribution < 1.29 is 14.3 Å². The maximum absolute atomic E-state index is 13.8. The van der Waals surface area contributed by atoms with E-state index in [1.165, 1.54) is 12.8 Å². The van der Waals surface area contributed by atoms with Crippen molar-refractivity contribution in [2.24, 2.45) is 24.6 Å². The van der Waals surface area contributed by atoms with E-state index in [2.05, 4.69) is 21.7 Å². The Morgan fingerprint density at radius 2 is 2.13 bits per heavy atom. The number of nitrogens with zero attached hydrogens (tertiary/aromatic N) is 6. The molecule has 2 bridgehead atoms. The van der Waals surface area contributed by atoms with Crippen LogP contribution < -0.4 is 10.5 Å². The number of ether oxygens (including phenoxy) is 2. The van der Waals surface area contributed by atoms with Crippen LogP contribution in [-0.2, 0) is 18.3 Å². The lowest BCUT2D eigenvalue weighted by atomic mass is 10.1. The predicted molar refractivity (Wildman–Crippen MR) is 145 cm³/mol. The highest BCUT2D eigenvalue weighted by molar-refractivity contribution is 6.00. The summed E-state index contributed by atoms with van der Waals surface area (Å²) in [5.74, 6) is 2.10. The van der Waals surface area contributed by atoms with Crippen LogP contribution in [0.2, 0.25) is 0 Å². The van der Waals surface area contributed by atoms with Gasteiger partial charge in [-0.15, -0.1) is 0 Å². The van der Waals surface area contributed by atoms with Crippen molar-refractivity contribution in [3.05, 3.63) is 42.1 Å². The molecule has 1 amide bonds. The van der Waals surface area contributed by atoms with Gasteiger partial charge in [0.1, 0.15) is 23.5 Å². The van der Waals surface area contributed by atoms with Crippen LogP contribution in [-0.4, -0.2) is 68.4 Å². The number of fused-ring (bicyclic) bond motifs is 4. The van der Waals surface area contributed by atoms with Crippen molar-refractivity contribution in [3.8, 4) is 23.3 Å². The van der Waals surface area contributed by atoms with E-state index < -0.39 is 0 Å². The molecule has 3 fully saturated rings. The van der Waals surface area contributed by atoms with Crippen LogP contribution in [0.15, 0.2) is 36.5 Å². The Labute approximate surface area is 225 Å². The number of methoxy groups -OCH3 is 1. The normalized spacial score (nSPS) is 24.1. The number of pyridine rings is 1. The molecule has 1 saturated heterocycles. The number of likely N-dealkylation sites (tertiary alicyclic amines) is 1. The molecule has 2 saturated carbocycles. The molecular weight excluding hydrogens is 494 g/mol. The van der Waals surface area contributed by atoms with Crippen LogP contribution in [0, 0.1) is 23.2 Å². The van der Waals surface area contributed by atoms with Crippen molar-refractivity contribution >= 4 is 28.0 Å². The van der Waals surface area contributed by atoms with Gasteiger partial charge in [-0.1, -0.05) is 0 Å². The predicted octanol–water partition coefficient (Wildman–Crippen LogP) is 3.09. The topological polar surface area (TPSA) is 124 Å². The van der Waals surface area contributed by atoms with Gasteiger partial charge in [0.25, 0.3) is 5.91 Å². The molecule has 0 spiro atoms. The van der Waals surface area contributed by atoms with Gasteiger partial charge < -0.3 is 29.2 Å². The molecule has 1 aliphatic heterocycles. The third kappa shape index (κ3) is 3.79.